The Kier molecular flexibility index (Phi) is 2.64. The minimum atomic E-state index is -2.86. The van der Waals surface area contributed by atoms with Crippen molar-refractivity contribution in [3.8, 4) is 5.75 Å². The lowest BCUT2D eigenvalue weighted by atomic mass is 10.0. The number of benzene rings is 1. The number of sulfone groups is 1. The Morgan fingerprint density at radius 1 is 1.28 bits per heavy atom. The highest BCUT2D eigenvalue weighted by Crippen LogP contribution is 2.31. The SMILES string of the molecule is CC1(Oc2ccc3c(c2)CCNC3)CS(=O)(=O)C1. The second-order valence-corrected chi connectivity index (χ2v) is 7.51. The van der Waals surface area contributed by atoms with Crippen LogP contribution in [0.4, 0.5) is 0 Å². The van der Waals surface area contributed by atoms with Crippen molar-refractivity contribution >= 4 is 9.84 Å². The average Bonchev–Trinajstić information content (AvgIpc) is 2.25. The normalized spacial score (nSPS) is 23.8. The highest BCUT2D eigenvalue weighted by molar-refractivity contribution is 7.93. The van der Waals surface area contributed by atoms with Crippen LogP contribution in [-0.4, -0.2) is 32.1 Å². The van der Waals surface area contributed by atoms with E-state index in [2.05, 4.69) is 11.4 Å². The van der Waals surface area contributed by atoms with Crippen molar-refractivity contribution in [2.75, 3.05) is 18.1 Å². The van der Waals surface area contributed by atoms with E-state index >= 15 is 0 Å². The van der Waals surface area contributed by atoms with Gasteiger partial charge in [-0.05, 0) is 43.1 Å². The van der Waals surface area contributed by atoms with Gasteiger partial charge in [0.25, 0.3) is 0 Å². The topological polar surface area (TPSA) is 55.4 Å². The molecule has 1 aromatic carbocycles. The molecule has 18 heavy (non-hydrogen) atoms. The molecule has 0 aromatic heterocycles. The molecular weight excluding hydrogens is 250 g/mol. The van der Waals surface area contributed by atoms with Gasteiger partial charge < -0.3 is 10.1 Å². The molecule has 1 aromatic rings. The van der Waals surface area contributed by atoms with Crippen molar-refractivity contribution in [3.63, 3.8) is 0 Å². The summed E-state index contributed by atoms with van der Waals surface area (Å²) in [5.41, 5.74) is 2.07. The third-order valence-electron chi connectivity index (χ3n) is 3.48. The highest BCUT2D eigenvalue weighted by atomic mass is 32.2. The molecule has 0 atom stereocenters. The van der Waals surface area contributed by atoms with Crippen LogP contribution in [0.5, 0.6) is 5.75 Å². The van der Waals surface area contributed by atoms with Crippen LogP contribution in [0.1, 0.15) is 18.1 Å². The second kappa shape index (κ2) is 3.96. The van der Waals surface area contributed by atoms with Crippen LogP contribution in [0, 0.1) is 0 Å². The van der Waals surface area contributed by atoms with Crippen LogP contribution in [0.2, 0.25) is 0 Å². The molecule has 0 amide bonds. The second-order valence-electron chi connectivity index (χ2n) is 5.44. The summed E-state index contributed by atoms with van der Waals surface area (Å²) in [5, 5.41) is 3.32. The van der Waals surface area contributed by atoms with Crippen LogP contribution in [0.25, 0.3) is 0 Å². The molecule has 3 rings (SSSR count). The van der Waals surface area contributed by atoms with Gasteiger partial charge in [0.05, 0.1) is 11.5 Å². The lowest BCUT2D eigenvalue weighted by Crippen LogP contribution is -2.56. The molecule has 5 heteroatoms. The number of hydrogen-bond donors (Lipinski definition) is 1. The van der Waals surface area contributed by atoms with Crippen molar-refractivity contribution in [1.29, 1.82) is 0 Å². The zero-order chi connectivity index (χ0) is 12.8. The molecule has 2 heterocycles. The van der Waals surface area contributed by atoms with Gasteiger partial charge >= 0.3 is 0 Å². The third-order valence-corrected chi connectivity index (χ3v) is 5.58. The number of hydrogen-bond acceptors (Lipinski definition) is 4. The molecule has 1 N–H and O–H groups in total. The Morgan fingerprint density at radius 2 is 2.06 bits per heavy atom. The first kappa shape index (κ1) is 12.0. The molecular formula is C13H17NO3S. The Hall–Kier alpha value is -1.07. The van der Waals surface area contributed by atoms with E-state index in [4.69, 9.17) is 4.74 Å². The van der Waals surface area contributed by atoms with Crippen LogP contribution < -0.4 is 10.1 Å². The first-order valence-electron chi connectivity index (χ1n) is 6.18. The molecule has 0 bridgehead atoms. The van der Waals surface area contributed by atoms with Gasteiger partial charge in [0.2, 0.25) is 0 Å². The van der Waals surface area contributed by atoms with Crippen molar-refractivity contribution in [3.05, 3.63) is 29.3 Å². The van der Waals surface area contributed by atoms with Gasteiger partial charge in [-0.25, -0.2) is 8.42 Å². The van der Waals surface area contributed by atoms with E-state index in [0.29, 0.717) is 0 Å². The quantitative estimate of drug-likeness (QED) is 0.865. The smallest absolute Gasteiger partial charge is 0.158 e. The molecule has 0 saturated carbocycles. The van der Waals surface area contributed by atoms with Gasteiger partial charge in [0.15, 0.2) is 9.84 Å². The number of fused-ring (bicyclic) bond motifs is 1. The molecule has 0 radical (unpaired) electrons. The fourth-order valence-electron chi connectivity index (χ4n) is 2.75. The van der Waals surface area contributed by atoms with E-state index in [1.807, 2.05) is 19.1 Å². The molecule has 1 saturated heterocycles. The number of rotatable bonds is 2. The van der Waals surface area contributed by atoms with Crippen LogP contribution in [0.15, 0.2) is 18.2 Å². The summed E-state index contributed by atoms with van der Waals surface area (Å²) < 4.78 is 28.3. The van der Waals surface area contributed by atoms with Gasteiger partial charge in [-0.3, -0.25) is 0 Å². The maximum atomic E-state index is 11.2. The van der Waals surface area contributed by atoms with E-state index in [1.165, 1.54) is 11.1 Å². The molecule has 2 aliphatic rings. The first-order valence-corrected chi connectivity index (χ1v) is 8.00. The summed E-state index contributed by atoms with van der Waals surface area (Å²) in [6.45, 7) is 3.75. The van der Waals surface area contributed by atoms with E-state index in [0.717, 1.165) is 25.3 Å². The lowest BCUT2D eigenvalue weighted by Gasteiger charge is -2.38. The molecule has 0 unspecified atom stereocenters. The van der Waals surface area contributed by atoms with Crippen molar-refractivity contribution in [2.45, 2.75) is 25.5 Å². The zero-order valence-corrected chi connectivity index (χ0v) is 11.2. The highest BCUT2D eigenvalue weighted by Gasteiger charge is 2.47. The van der Waals surface area contributed by atoms with Crippen molar-refractivity contribution in [2.24, 2.45) is 0 Å². The van der Waals surface area contributed by atoms with E-state index < -0.39 is 15.4 Å². The average molecular weight is 267 g/mol. The Labute approximate surface area is 107 Å². The van der Waals surface area contributed by atoms with Gasteiger partial charge in [0.1, 0.15) is 11.4 Å². The Bertz CT molecular complexity index is 568. The summed E-state index contributed by atoms with van der Waals surface area (Å²) in [4.78, 5) is 0. The molecule has 0 aliphatic carbocycles. The zero-order valence-electron chi connectivity index (χ0n) is 10.4. The lowest BCUT2D eigenvalue weighted by molar-refractivity contribution is 0.120. The predicted octanol–water partition coefficient (Wildman–Crippen LogP) is 0.898. The summed E-state index contributed by atoms with van der Waals surface area (Å²) in [6.07, 6.45) is 1.00. The minimum absolute atomic E-state index is 0.124. The molecule has 1 fully saturated rings. The fourth-order valence-corrected chi connectivity index (χ4v) is 4.64. The van der Waals surface area contributed by atoms with E-state index in [1.54, 1.807) is 0 Å². The molecule has 0 spiro atoms. The summed E-state index contributed by atoms with van der Waals surface area (Å²) in [7, 11) is -2.86. The number of nitrogens with one attached hydrogen (secondary N) is 1. The predicted molar refractivity (Wildman–Crippen MR) is 69.5 cm³/mol. The van der Waals surface area contributed by atoms with Crippen molar-refractivity contribution < 1.29 is 13.2 Å². The Balaban J connectivity index is 1.78. The van der Waals surface area contributed by atoms with Crippen LogP contribution in [-0.2, 0) is 22.8 Å². The fraction of sp³-hybridized carbons (Fsp3) is 0.538. The van der Waals surface area contributed by atoms with Gasteiger partial charge in [-0.2, -0.15) is 0 Å². The maximum Gasteiger partial charge on any atom is 0.158 e. The summed E-state index contributed by atoms with van der Waals surface area (Å²) >= 11 is 0. The maximum absolute atomic E-state index is 11.2. The summed E-state index contributed by atoms with van der Waals surface area (Å²) in [6, 6.07) is 6.04. The largest absolute Gasteiger partial charge is 0.485 e. The molecule has 4 nitrogen and oxygen atoms in total. The van der Waals surface area contributed by atoms with Gasteiger partial charge in [-0.15, -0.1) is 0 Å². The minimum Gasteiger partial charge on any atom is -0.485 e. The monoisotopic (exact) mass is 267 g/mol. The third kappa shape index (κ3) is 2.24. The van der Waals surface area contributed by atoms with Crippen molar-refractivity contribution in [1.82, 2.24) is 5.32 Å². The van der Waals surface area contributed by atoms with Crippen LogP contribution in [0.3, 0.4) is 0 Å². The Morgan fingerprint density at radius 3 is 2.78 bits per heavy atom. The standard InChI is InChI=1S/C13H17NO3S/c1-13(8-18(15,16)9-13)17-12-3-2-11-7-14-5-4-10(11)6-12/h2-3,6,14H,4-5,7-9H2,1H3. The molecule has 98 valence electrons. The summed E-state index contributed by atoms with van der Waals surface area (Å²) in [5.74, 6) is 1.03. The van der Waals surface area contributed by atoms with E-state index in [9.17, 15) is 8.42 Å². The van der Waals surface area contributed by atoms with Gasteiger partial charge in [0, 0.05) is 6.54 Å². The van der Waals surface area contributed by atoms with E-state index in [-0.39, 0.29) is 11.5 Å². The van der Waals surface area contributed by atoms with Gasteiger partial charge in [-0.1, -0.05) is 6.07 Å². The molecule has 2 aliphatic heterocycles. The van der Waals surface area contributed by atoms with Crippen LogP contribution >= 0.6 is 0 Å². The first-order chi connectivity index (χ1) is 8.46. The number of ether oxygens (including phenoxy) is 1.